The molecule has 0 unspecified atom stereocenters. The van der Waals surface area contributed by atoms with Gasteiger partial charge in [0.1, 0.15) is 5.75 Å². The summed E-state index contributed by atoms with van der Waals surface area (Å²) < 4.78 is 5.25. The fourth-order valence-corrected chi connectivity index (χ4v) is 1.99. The Labute approximate surface area is 125 Å². The lowest BCUT2D eigenvalue weighted by atomic mass is 10.1. The summed E-state index contributed by atoms with van der Waals surface area (Å²) in [5, 5.41) is 5.08. The Hall–Kier alpha value is -1.81. The highest BCUT2D eigenvalue weighted by Gasteiger charge is 2.04. The van der Waals surface area contributed by atoms with E-state index in [1.807, 2.05) is 37.5 Å². The lowest BCUT2D eigenvalue weighted by molar-refractivity contribution is -0.120. The Morgan fingerprint density at radius 3 is 2.85 bits per heavy atom. The number of nitrogens with zero attached hydrogens (tertiary/aromatic N) is 1. The smallest absolute Gasteiger partial charge is 0.219 e. The molecule has 1 N–H and O–H groups in total. The van der Waals surface area contributed by atoms with Crippen LogP contribution >= 0.6 is 12.4 Å². The molecule has 0 atom stereocenters. The van der Waals surface area contributed by atoms with E-state index in [9.17, 15) is 4.79 Å². The number of pyridine rings is 1. The Bertz CT molecular complexity index is 587. The van der Waals surface area contributed by atoms with Crippen molar-refractivity contribution in [1.82, 2.24) is 10.3 Å². The zero-order chi connectivity index (χ0) is 13.7. The number of hydrogen-bond donors (Lipinski definition) is 1. The van der Waals surface area contributed by atoms with Gasteiger partial charge < -0.3 is 10.1 Å². The predicted octanol–water partition coefficient (Wildman–Crippen LogP) is 2.73. The number of hydrogen-bond acceptors (Lipinski definition) is 3. The number of rotatable bonds is 5. The van der Waals surface area contributed by atoms with E-state index < -0.39 is 0 Å². The summed E-state index contributed by atoms with van der Waals surface area (Å²) in [4.78, 5) is 15.5. The largest absolute Gasteiger partial charge is 0.497 e. The van der Waals surface area contributed by atoms with Gasteiger partial charge in [-0.25, -0.2) is 0 Å². The van der Waals surface area contributed by atoms with Crippen LogP contribution in [0.5, 0.6) is 5.75 Å². The lowest BCUT2D eigenvalue weighted by Gasteiger charge is -2.08. The Morgan fingerprint density at radius 2 is 2.15 bits per heavy atom. The first-order chi connectivity index (χ1) is 9.24. The van der Waals surface area contributed by atoms with Gasteiger partial charge in [0.05, 0.1) is 7.11 Å². The molecule has 4 nitrogen and oxygen atoms in total. The van der Waals surface area contributed by atoms with Crippen LogP contribution in [0.1, 0.15) is 18.9 Å². The van der Waals surface area contributed by atoms with Crippen molar-refractivity contribution in [3.8, 4) is 5.75 Å². The molecule has 0 aliphatic heterocycles. The van der Waals surface area contributed by atoms with Crippen LogP contribution in [-0.2, 0) is 11.2 Å². The van der Waals surface area contributed by atoms with Crippen molar-refractivity contribution in [2.45, 2.75) is 19.8 Å². The molecule has 1 amide bonds. The van der Waals surface area contributed by atoms with Gasteiger partial charge in [0, 0.05) is 30.7 Å². The van der Waals surface area contributed by atoms with Crippen LogP contribution in [-0.4, -0.2) is 24.5 Å². The van der Waals surface area contributed by atoms with Crippen LogP contribution in [0.4, 0.5) is 0 Å². The molecule has 0 saturated heterocycles. The first-order valence-corrected chi connectivity index (χ1v) is 6.42. The van der Waals surface area contributed by atoms with E-state index >= 15 is 0 Å². The normalized spacial score (nSPS) is 9.90. The maximum Gasteiger partial charge on any atom is 0.219 e. The Balaban J connectivity index is 0.00000200. The van der Waals surface area contributed by atoms with Gasteiger partial charge in [-0.1, -0.05) is 6.92 Å². The number of carbonyl (C=O) groups is 1. The number of amides is 1. The average Bonchev–Trinajstić information content (AvgIpc) is 2.46. The van der Waals surface area contributed by atoms with Crippen molar-refractivity contribution in [2.24, 2.45) is 0 Å². The SMILES string of the molecule is CCC(=O)NCCc1cncc2ccc(OC)cc12.Cl. The summed E-state index contributed by atoms with van der Waals surface area (Å²) in [5.41, 5.74) is 1.12. The van der Waals surface area contributed by atoms with E-state index in [2.05, 4.69) is 10.3 Å². The molecule has 20 heavy (non-hydrogen) atoms. The van der Waals surface area contributed by atoms with Crippen molar-refractivity contribution in [3.05, 3.63) is 36.2 Å². The standard InChI is InChI=1S/C15H18N2O2.ClH/c1-3-15(18)17-7-6-12-10-16-9-11-4-5-13(19-2)8-14(11)12;/h4-5,8-10H,3,6-7H2,1-2H3,(H,17,18);1H. The molecule has 0 fully saturated rings. The van der Waals surface area contributed by atoms with E-state index in [-0.39, 0.29) is 18.3 Å². The molecule has 2 rings (SSSR count). The molecule has 0 aliphatic carbocycles. The first-order valence-electron chi connectivity index (χ1n) is 6.42. The lowest BCUT2D eigenvalue weighted by Crippen LogP contribution is -2.24. The third-order valence-electron chi connectivity index (χ3n) is 3.09. The molecule has 2 aromatic rings. The maximum absolute atomic E-state index is 11.2. The number of carbonyl (C=O) groups excluding carboxylic acids is 1. The van der Waals surface area contributed by atoms with Crippen molar-refractivity contribution in [3.63, 3.8) is 0 Å². The van der Waals surface area contributed by atoms with Crippen molar-refractivity contribution >= 4 is 29.1 Å². The highest BCUT2D eigenvalue weighted by Crippen LogP contribution is 2.23. The van der Waals surface area contributed by atoms with Gasteiger partial charge in [-0.05, 0) is 35.6 Å². The van der Waals surface area contributed by atoms with Gasteiger partial charge in [0.15, 0.2) is 0 Å². The third kappa shape index (κ3) is 3.84. The van der Waals surface area contributed by atoms with E-state index in [0.29, 0.717) is 13.0 Å². The summed E-state index contributed by atoms with van der Waals surface area (Å²) >= 11 is 0. The zero-order valence-electron chi connectivity index (χ0n) is 11.7. The minimum atomic E-state index is 0. The van der Waals surface area contributed by atoms with Crippen molar-refractivity contribution in [1.29, 1.82) is 0 Å². The van der Waals surface area contributed by atoms with Gasteiger partial charge >= 0.3 is 0 Å². The number of benzene rings is 1. The van der Waals surface area contributed by atoms with Crippen molar-refractivity contribution in [2.75, 3.05) is 13.7 Å². The van der Waals surface area contributed by atoms with Gasteiger partial charge in [0.25, 0.3) is 0 Å². The highest BCUT2D eigenvalue weighted by molar-refractivity contribution is 5.86. The fraction of sp³-hybridized carbons (Fsp3) is 0.333. The van der Waals surface area contributed by atoms with Crippen LogP contribution in [0, 0.1) is 0 Å². The monoisotopic (exact) mass is 294 g/mol. The summed E-state index contributed by atoms with van der Waals surface area (Å²) in [6, 6.07) is 5.93. The average molecular weight is 295 g/mol. The minimum Gasteiger partial charge on any atom is -0.497 e. The molecule has 0 bridgehead atoms. The second-order valence-corrected chi connectivity index (χ2v) is 4.34. The van der Waals surface area contributed by atoms with Crippen LogP contribution in [0.3, 0.4) is 0 Å². The van der Waals surface area contributed by atoms with Gasteiger partial charge in [-0.15, -0.1) is 12.4 Å². The zero-order valence-corrected chi connectivity index (χ0v) is 12.5. The molecule has 1 aromatic heterocycles. The molecule has 0 spiro atoms. The van der Waals surface area contributed by atoms with Crippen LogP contribution in [0.2, 0.25) is 0 Å². The van der Waals surface area contributed by atoms with Crippen LogP contribution < -0.4 is 10.1 Å². The molecule has 0 radical (unpaired) electrons. The number of fused-ring (bicyclic) bond motifs is 1. The fourth-order valence-electron chi connectivity index (χ4n) is 1.99. The van der Waals surface area contributed by atoms with Crippen molar-refractivity contribution < 1.29 is 9.53 Å². The quantitative estimate of drug-likeness (QED) is 0.922. The second kappa shape index (κ2) is 7.70. The van der Waals surface area contributed by atoms with E-state index in [4.69, 9.17) is 4.74 Å². The number of methoxy groups -OCH3 is 1. The minimum absolute atomic E-state index is 0. The van der Waals surface area contributed by atoms with Crippen LogP contribution in [0.15, 0.2) is 30.6 Å². The van der Waals surface area contributed by atoms with E-state index in [1.54, 1.807) is 7.11 Å². The molecule has 1 aromatic carbocycles. The van der Waals surface area contributed by atoms with Crippen LogP contribution in [0.25, 0.3) is 10.8 Å². The number of ether oxygens (including phenoxy) is 1. The summed E-state index contributed by atoms with van der Waals surface area (Å²) in [6.45, 7) is 2.48. The molecule has 0 saturated carbocycles. The summed E-state index contributed by atoms with van der Waals surface area (Å²) in [7, 11) is 1.66. The molecular formula is C15H19ClN2O2. The second-order valence-electron chi connectivity index (χ2n) is 4.34. The van der Waals surface area contributed by atoms with E-state index in [1.165, 1.54) is 0 Å². The highest BCUT2D eigenvalue weighted by atomic mass is 35.5. The predicted molar refractivity (Wildman–Crippen MR) is 82.5 cm³/mol. The third-order valence-corrected chi connectivity index (χ3v) is 3.09. The van der Waals surface area contributed by atoms with Gasteiger partial charge in [-0.2, -0.15) is 0 Å². The Kier molecular flexibility index (Phi) is 6.25. The van der Waals surface area contributed by atoms with E-state index in [0.717, 1.165) is 28.5 Å². The number of aromatic nitrogens is 1. The molecular weight excluding hydrogens is 276 g/mol. The summed E-state index contributed by atoms with van der Waals surface area (Å²) in [6.07, 6.45) is 4.97. The molecule has 1 heterocycles. The molecule has 0 aliphatic rings. The molecule has 5 heteroatoms. The number of nitrogens with one attached hydrogen (secondary N) is 1. The topological polar surface area (TPSA) is 51.2 Å². The van der Waals surface area contributed by atoms with Gasteiger partial charge in [0.2, 0.25) is 5.91 Å². The maximum atomic E-state index is 11.2. The molecule has 108 valence electrons. The summed E-state index contributed by atoms with van der Waals surface area (Å²) in [5.74, 6) is 0.906. The van der Waals surface area contributed by atoms with Gasteiger partial charge in [-0.3, -0.25) is 9.78 Å². The number of halogens is 1. The Morgan fingerprint density at radius 1 is 1.35 bits per heavy atom. The first kappa shape index (κ1) is 16.2.